The fourth-order valence-electron chi connectivity index (χ4n) is 2.41. The van der Waals surface area contributed by atoms with E-state index in [9.17, 15) is 10.1 Å². The number of rotatable bonds is 1. The van der Waals surface area contributed by atoms with E-state index in [0.717, 1.165) is 0 Å². The molecule has 2 heterocycles. The highest BCUT2D eigenvalue weighted by molar-refractivity contribution is 6.30. The minimum Gasteiger partial charge on any atom is -0.437 e. The van der Waals surface area contributed by atoms with Crippen molar-refractivity contribution in [1.82, 2.24) is 4.98 Å². The van der Waals surface area contributed by atoms with Gasteiger partial charge in [-0.05, 0) is 24.6 Å². The van der Waals surface area contributed by atoms with Gasteiger partial charge < -0.3 is 9.40 Å². The molecular weight excluding hydrogens is 302 g/mol. The van der Waals surface area contributed by atoms with Crippen LogP contribution in [0.3, 0.4) is 0 Å². The molecule has 0 amide bonds. The molecule has 0 spiro atoms. The summed E-state index contributed by atoms with van der Waals surface area (Å²) in [6.45, 7) is 1.72. The average Bonchev–Trinajstić information content (AvgIpc) is 2.45. The summed E-state index contributed by atoms with van der Waals surface area (Å²) in [4.78, 5) is 15.0. The lowest BCUT2D eigenvalue weighted by Crippen LogP contribution is -2.14. The third-order valence-corrected chi connectivity index (χ3v) is 3.53. The van der Waals surface area contributed by atoms with Gasteiger partial charge in [0.1, 0.15) is 17.2 Å². The van der Waals surface area contributed by atoms with Gasteiger partial charge in [0, 0.05) is 22.3 Å². The second-order valence-corrected chi connectivity index (χ2v) is 5.26. The Morgan fingerprint density at radius 1 is 1.36 bits per heavy atom. The Morgan fingerprint density at radius 2 is 2.14 bits per heavy atom. The maximum absolute atomic E-state index is 12.3. The molecule has 0 atom stereocenters. The van der Waals surface area contributed by atoms with E-state index < -0.39 is 0 Å². The summed E-state index contributed by atoms with van der Waals surface area (Å²) >= 11 is 6.01. The van der Waals surface area contributed by atoms with Gasteiger partial charge in [-0.15, -0.1) is 0 Å². The highest BCUT2D eigenvalue weighted by Gasteiger charge is 2.17. The standard InChI is InChI=1S/C16H10ClN3O2/c1-8-5-12-14(16(21)20-8)13(11(7-18)15(19)22-12)9-3-2-4-10(17)6-9/h2-6,19H,1H3,(H,20,21). The number of nitriles is 1. The molecule has 108 valence electrons. The van der Waals surface area contributed by atoms with Crippen molar-refractivity contribution < 1.29 is 4.42 Å². The van der Waals surface area contributed by atoms with Crippen LogP contribution in [0.2, 0.25) is 5.02 Å². The van der Waals surface area contributed by atoms with E-state index in [2.05, 4.69) is 4.98 Å². The molecule has 2 aromatic heterocycles. The van der Waals surface area contributed by atoms with E-state index in [-0.39, 0.29) is 27.6 Å². The Kier molecular flexibility index (Phi) is 3.32. The summed E-state index contributed by atoms with van der Waals surface area (Å²) in [6.07, 6.45) is 0. The van der Waals surface area contributed by atoms with Crippen molar-refractivity contribution in [2.24, 2.45) is 0 Å². The van der Waals surface area contributed by atoms with Gasteiger partial charge in [-0.25, -0.2) is 0 Å². The molecule has 0 aliphatic carbocycles. The Balaban J connectivity index is 2.59. The molecular formula is C16H10ClN3O2. The molecule has 0 bridgehead atoms. The Bertz CT molecular complexity index is 1060. The summed E-state index contributed by atoms with van der Waals surface area (Å²) < 4.78 is 5.33. The van der Waals surface area contributed by atoms with Crippen molar-refractivity contribution in [2.75, 3.05) is 0 Å². The second-order valence-electron chi connectivity index (χ2n) is 4.82. The number of nitrogens with zero attached hydrogens (tertiary/aromatic N) is 1. The van der Waals surface area contributed by atoms with Crippen molar-refractivity contribution in [2.45, 2.75) is 6.92 Å². The number of nitrogens with one attached hydrogen (secondary N) is 2. The van der Waals surface area contributed by atoms with E-state index in [1.807, 2.05) is 6.07 Å². The van der Waals surface area contributed by atoms with Crippen molar-refractivity contribution in [3.05, 3.63) is 62.5 Å². The average molecular weight is 312 g/mol. The van der Waals surface area contributed by atoms with Crippen molar-refractivity contribution >= 4 is 22.6 Å². The first-order valence-corrected chi connectivity index (χ1v) is 6.80. The second kappa shape index (κ2) is 5.17. The fourth-order valence-corrected chi connectivity index (χ4v) is 2.60. The molecule has 5 nitrogen and oxygen atoms in total. The number of aromatic amines is 1. The predicted molar refractivity (Wildman–Crippen MR) is 82.6 cm³/mol. The van der Waals surface area contributed by atoms with Crippen LogP contribution in [0.15, 0.2) is 39.5 Å². The van der Waals surface area contributed by atoms with Crippen molar-refractivity contribution in [3.63, 3.8) is 0 Å². The monoisotopic (exact) mass is 311 g/mol. The minimum atomic E-state index is -0.370. The van der Waals surface area contributed by atoms with E-state index in [4.69, 9.17) is 21.4 Å². The lowest BCUT2D eigenvalue weighted by atomic mass is 9.98. The van der Waals surface area contributed by atoms with Crippen LogP contribution in [0.1, 0.15) is 11.3 Å². The quantitative estimate of drug-likeness (QED) is 0.723. The Morgan fingerprint density at radius 3 is 2.82 bits per heavy atom. The molecule has 3 aromatic rings. The molecule has 2 N–H and O–H groups in total. The van der Waals surface area contributed by atoms with Gasteiger partial charge in [-0.3, -0.25) is 10.2 Å². The lowest BCUT2D eigenvalue weighted by Gasteiger charge is -2.09. The smallest absolute Gasteiger partial charge is 0.259 e. The first kappa shape index (κ1) is 14.1. The number of aryl methyl sites for hydroxylation is 1. The molecule has 0 radical (unpaired) electrons. The first-order chi connectivity index (χ1) is 10.5. The fraction of sp³-hybridized carbons (Fsp3) is 0.0625. The van der Waals surface area contributed by atoms with Gasteiger partial charge in [0.2, 0.25) is 5.55 Å². The SMILES string of the molecule is Cc1cc2oc(=N)c(C#N)c(-c3cccc(Cl)c3)c2c(=O)[nH]1. The molecule has 22 heavy (non-hydrogen) atoms. The highest BCUT2D eigenvalue weighted by atomic mass is 35.5. The van der Waals surface area contributed by atoms with Gasteiger partial charge in [-0.2, -0.15) is 5.26 Å². The van der Waals surface area contributed by atoms with Crippen molar-refractivity contribution in [3.8, 4) is 17.2 Å². The third kappa shape index (κ3) is 2.20. The van der Waals surface area contributed by atoms with Crippen LogP contribution in [-0.2, 0) is 0 Å². The van der Waals surface area contributed by atoms with E-state index in [1.54, 1.807) is 37.3 Å². The summed E-state index contributed by atoms with van der Waals surface area (Å²) in [5, 5.41) is 18.0. The molecule has 3 rings (SSSR count). The van der Waals surface area contributed by atoms with Crippen LogP contribution in [-0.4, -0.2) is 4.98 Å². The topological polar surface area (TPSA) is 93.6 Å². The van der Waals surface area contributed by atoms with Gasteiger partial charge in [0.25, 0.3) is 5.56 Å². The summed E-state index contributed by atoms with van der Waals surface area (Å²) in [7, 11) is 0. The van der Waals surface area contributed by atoms with Crippen LogP contribution in [0.25, 0.3) is 22.1 Å². The zero-order chi connectivity index (χ0) is 15.9. The number of pyridine rings is 1. The lowest BCUT2D eigenvalue weighted by molar-refractivity contribution is 0.530. The molecule has 0 unspecified atom stereocenters. The minimum absolute atomic E-state index is 0.00381. The molecule has 0 saturated heterocycles. The first-order valence-electron chi connectivity index (χ1n) is 6.42. The van der Waals surface area contributed by atoms with Crippen LogP contribution < -0.4 is 11.1 Å². The van der Waals surface area contributed by atoms with Gasteiger partial charge in [-0.1, -0.05) is 23.7 Å². The van der Waals surface area contributed by atoms with Gasteiger partial charge >= 0.3 is 0 Å². The molecule has 0 fully saturated rings. The molecule has 1 aromatic carbocycles. The molecule has 0 aliphatic heterocycles. The number of fused-ring (bicyclic) bond motifs is 1. The van der Waals surface area contributed by atoms with Gasteiger partial charge in [0.15, 0.2) is 0 Å². The Labute approximate surface area is 129 Å². The van der Waals surface area contributed by atoms with E-state index in [1.165, 1.54) is 0 Å². The number of halogens is 1. The largest absolute Gasteiger partial charge is 0.437 e. The van der Waals surface area contributed by atoms with Crippen LogP contribution in [0.5, 0.6) is 0 Å². The predicted octanol–water partition coefficient (Wildman–Crippen LogP) is 3.10. The maximum atomic E-state index is 12.3. The zero-order valence-corrected chi connectivity index (χ0v) is 12.3. The number of hydrogen-bond acceptors (Lipinski definition) is 4. The van der Waals surface area contributed by atoms with Crippen molar-refractivity contribution in [1.29, 1.82) is 10.7 Å². The maximum Gasteiger partial charge on any atom is 0.259 e. The van der Waals surface area contributed by atoms with Crippen LogP contribution >= 0.6 is 11.6 Å². The number of hydrogen-bond donors (Lipinski definition) is 2. The summed E-state index contributed by atoms with van der Waals surface area (Å²) in [5.41, 5.74) is 1.18. The molecule has 6 heteroatoms. The normalized spacial score (nSPS) is 10.6. The van der Waals surface area contributed by atoms with E-state index in [0.29, 0.717) is 21.8 Å². The van der Waals surface area contributed by atoms with Gasteiger partial charge in [0.05, 0.1) is 5.39 Å². The van der Waals surface area contributed by atoms with Crippen LogP contribution in [0, 0.1) is 23.7 Å². The van der Waals surface area contributed by atoms with Crippen LogP contribution in [0.4, 0.5) is 0 Å². The van der Waals surface area contributed by atoms with E-state index >= 15 is 0 Å². The summed E-state index contributed by atoms with van der Waals surface area (Å²) in [5.74, 6) is 0. The highest BCUT2D eigenvalue weighted by Crippen LogP contribution is 2.29. The number of aromatic nitrogens is 1. The summed E-state index contributed by atoms with van der Waals surface area (Å²) in [6, 6.07) is 10.4. The number of H-pyrrole nitrogens is 1. The Hall–Kier alpha value is -2.84. The zero-order valence-electron chi connectivity index (χ0n) is 11.5. The molecule has 0 saturated carbocycles. The molecule has 0 aliphatic rings. The number of benzene rings is 1. The third-order valence-electron chi connectivity index (χ3n) is 3.30.